The fraction of sp³-hybridized carbons (Fsp3) is 0.160. The molecule has 0 aliphatic rings. The molecule has 0 amide bonds. The summed E-state index contributed by atoms with van der Waals surface area (Å²) in [5.41, 5.74) is 3.19. The molecule has 0 aliphatic carbocycles. The molecule has 4 nitrogen and oxygen atoms in total. The van der Waals surface area contributed by atoms with Gasteiger partial charge in [-0.25, -0.2) is 0 Å². The van der Waals surface area contributed by atoms with Gasteiger partial charge in [-0.3, -0.25) is 0 Å². The van der Waals surface area contributed by atoms with Crippen molar-refractivity contribution >= 4 is 23.3 Å². The van der Waals surface area contributed by atoms with Crippen molar-refractivity contribution in [1.82, 2.24) is 0 Å². The summed E-state index contributed by atoms with van der Waals surface area (Å²) < 4.78 is 16.9. The summed E-state index contributed by atoms with van der Waals surface area (Å²) in [5.74, 6) is 2.01. The van der Waals surface area contributed by atoms with Gasteiger partial charge in [0.2, 0.25) is 0 Å². The van der Waals surface area contributed by atoms with Gasteiger partial charge in [0.15, 0.2) is 11.5 Å². The Morgan fingerprint density at radius 2 is 1.80 bits per heavy atom. The lowest BCUT2D eigenvalue weighted by Crippen LogP contribution is -2.00. The lowest BCUT2D eigenvalue weighted by atomic mass is 10.0. The Balaban J connectivity index is 1.83. The van der Waals surface area contributed by atoms with E-state index in [1.165, 1.54) is 0 Å². The van der Waals surface area contributed by atoms with Gasteiger partial charge in [0.05, 0.1) is 25.4 Å². The molecule has 3 aromatic rings. The normalized spacial score (nSPS) is 10.9. The highest BCUT2D eigenvalue weighted by atomic mass is 35.5. The third kappa shape index (κ3) is 5.56. The summed E-state index contributed by atoms with van der Waals surface area (Å²) in [6.45, 7) is 2.80. The number of halogens is 1. The molecule has 0 fully saturated rings. The summed E-state index contributed by atoms with van der Waals surface area (Å²) in [5, 5.41) is 10.3. The van der Waals surface area contributed by atoms with Crippen LogP contribution in [0.1, 0.15) is 23.6 Å². The molecule has 0 radical (unpaired) electrons. The maximum absolute atomic E-state index is 9.61. The molecule has 0 spiro atoms. The number of methoxy groups -OCH3 is 1. The lowest BCUT2D eigenvalue weighted by Gasteiger charge is -2.13. The maximum atomic E-state index is 9.61. The highest BCUT2D eigenvalue weighted by Crippen LogP contribution is 2.31. The van der Waals surface area contributed by atoms with E-state index in [1.807, 2.05) is 79.7 Å². The van der Waals surface area contributed by atoms with Crippen LogP contribution in [0.4, 0.5) is 0 Å². The topological polar surface area (TPSA) is 51.5 Å². The van der Waals surface area contributed by atoms with E-state index in [9.17, 15) is 5.26 Å². The van der Waals surface area contributed by atoms with Gasteiger partial charge in [0.1, 0.15) is 12.4 Å². The standard InChI is InChI=1S/C25H22ClNO3/c1-3-29-25-15-18(13-21(16-27)20-8-10-23(28-2)11-9-20)7-12-24(25)30-17-19-5-4-6-22(26)14-19/h4-15H,3,17H2,1-2H3/b21-13+. The van der Waals surface area contributed by atoms with E-state index in [1.54, 1.807) is 7.11 Å². The molecule has 30 heavy (non-hydrogen) atoms. The molecule has 0 saturated carbocycles. The number of ether oxygens (including phenoxy) is 3. The highest BCUT2D eigenvalue weighted by Gasteiger charge is 2.08. The molecule has 3 aromatic carbocycles. The Morgan fingerprint density at radius 1 is 1.00 bits per heavy atom. The van der Waals surface area contributed by atoms with E-state index in [0.29, 0.717) is 35.3 Å². The molecule has 0 bridgehead atoms. The molecule has 0 saturated heterocycles. The average molecular weight is 420 g/mol. The minimum Gasteiger partial charge on any atom is -0.497 e. The van der Waals surface area contributed by atoms with Gasteiger partial charge in [0.25, 0.3) is 0 Å². The maximum Gasteiger partial charge on any atom is 0.161 e. The molecule has 0 atom stereocenters. The van der Waals surface area contributed by atoms with Crippen LogP contribution < -0.4 is 14.2 Å². The van der Waals surface area contributed by atoms with Gasteiger partial charge >= 0.3 is 0 Å². The smallest absolute Gasteiger partial charge is 0.161 e. The van der Waals surface area contributed by atoms with Crippen LogP contribution in [0.3, 0.4) is 0 Å². The molecule has 152 valence electrons. The average Bonchev–Trinajstić information content (AvgIpc) is 2.77. The minimum absolute atomic E-state index is 0.380. The summed E-state index contributed by atoms with van der Waals surface area (Å²) in [6, 6.07) is 22.8. The molecule has 0 aliphatic heterocycles. The largest absolute Gasteiger partial charge is 0.497 e. The van der Waals surface area contributed by atoms with Gasteiger partial charge < -0.3 is 14.2 Å². The van der Waals surface area contributed by atoms with E-state index in [-0.39, 0.29) is 0 Å². The van der Waals surface area contributed by atoms with Crippen LogP contribution in [0, 0.1) is 11.3 Å². The molecular weight excluding hydrogens is 398 g/mol. The van der Waals surface area contributed by atoms with Gasteiger partial charge in [-0.2, -0.15) is 5.26 Å². The number of nitrogens with zero attached hydrogens (tertiary/aromatic N) is 1. The lowest BCUT2D eigenvalue weighted by molar-refractivity contribution is 0.269. The van der Waals surface area contributed by atoms with Crippen molar-refractivity contribution < 1.29 is 14.2 Å². The second kappa shape index (κ2) is 10.4. The molecular formula is C25H22ClNO3. The number of allylic oxidation sites excluding steroid dienone is 1. The van der Waals surface area contributed by atoms with E-state index < -0.39 is 0 Å². The van der Waals surface area contributed by atoms with Crippen molar-refractivity contribution in [2.45, 2.75) is 13.5 Å². The first-order chi connectivity index (χ1) is 14.6. The second-order valence-corrected chi connectivity index (χ2v) is 6.89. The second-order valence-electron chi connectivity index (χ2n) is 6.46. The third-order valence-corrected chi connectivity index (χ3v) is 4.62. The summed E-state index contributed by atoms with van der Waals surface area (Å²) in [7, 11) is 1.61. The van der Waals surface area contributed by atoms with Gasteiger partial charge in [0, 0.05) is 5.02 Å². The molecule has 0 heterocycles. The van der Waals surface area contributed by atoms with Crippen molar-refractivity contribution in [3.05, 3.63) is 88.4 Å². The van der Waals surface area contributed by atoms with Gasteiger partial charge in [-0.1, -0.05) is 29.8 Å². The first kappa shape index (κ1) is 21.3. The zero-order chi connectivity index (χ0) is 21.3. The Kier molecular flexibility index (Phi) is 7.37. The van der Waals surface area contributed by atoms with Crippen LogP contribution in [-0.4, -0.2) is 13.7 Å². The van der Waals surface area contributed by atoms with E-state index in [4.69, 9.17) is 25.8 Å². The third-order valence-electron chi connectivity index (χ3n) is 4.38. The number of nitriles is 1. The number of hydrogen-bond acceptors (Lipinski definition) is 4. The summed E-state index contributed by atoms with van der Waals surface area (Å²) in [4.78, 5) is 0. The van der Waals surface area contributed by atoms with Crippen LogP contribution in [-0.2, 0) is 6.61 Å². The van der Waals surface area contributed by atoms with Crippen molar-refractivity contribution in [3.8, 4) is 23.3 Å². The SMILES string of the molecule is CCOc1cc(/C=C(\C#N)c2ccc(OC)cc2)ccc1OCc1cccc(Cl)c1. The fourth-order valence-corrected chi connectivity index (χ4v) is 3.12. The Bertz CT molecular complexity index is 1070. The van der Waals surface area contributed by atoms with E-state index >= 15 is 0 Å². The van der Waals surface area contributed by atoms with Crippen molar-refractivity contribution in [3.63, 3.8) is 0 Å². The number of benzene rings is 3. The Morgan fingerprint density at radius 3 is 2.47 bits per heavy atom. The predicted molar refractivity (Wildman–Crippen MR) is 120 cm³/mol. The quantitative estimate of drug-likeness (QED) is 0.313. The van der Waals surface area contributed by atoms with Crippen molar-refractivity contribution in [2.75, 3.05) is 13.7 Å². The van der Waals surface area contributed by atoms with Crippen LogP contribution in [0.5, 0.6) is 17.2 Å². The van der Waals surface area contributed by atoms with Crippen LogP contribution >= 0.6 is 11.6 Å². The van der Waals surface area contributed by atoms with Gasteiger partial charge in [-0.05, 0) is 78.2 Å². The van der Waals surface area contributed by atoms with E-state index in [0.717, 1.165) is 22.4 Å². The molecule has 0 aromatic heterocycles. The monoisotopic (exact) mass is 419 g/mol. The first-order valence-corrected chi connectivity index (χ1v) is 9.91. The number of hydrogen-bond donors (Lipinski definition) is 0. The number of rotatable bonds is 8. The molecule has 3 rings (SSSR count). The van der Waals surface area contributed by atoms with Crippen LogP contribution in [0.2, 0.25) is 5.02 Å². The zero-order valence-corrected chi connectivity index (χ0v) is 17.6. The van der Waals surface area contributed by atoms with Gasteiger partial charge in [-0.15, -0.1) is 0 Å². The van der Waals surface area contributed by atoms with Crippen LogP contribution in [0.25, 0.3) is 11.6 Å². The van der Waals surface area contributed by atoms with Crippen molar-refractivity contribution in [1.29, 1.82) is 5.26 Å². The Labute approximate surface area is 181 Å². The van der Waals surface area contributed by atoms with Crippen molar-refractivity contribution in [2.24, 2.45) is 0 Å². The van der Waals surface area contributed by atoms with E-state index in [2.05, 4.69) is 6.07 Å². The zero-order valence-electron chi connectivity index (χ0n) is 16.9. The Hall–Kier alpha value is -3.42. The molecule has 0 unspecified atom stereocenters. The summed E-state index contributed by atoms with van der Waals surface area (Å²) in [6.07, 6.45) is 1.82. The predicted octanol–water partition coefficient (Wildman–Crippen LogP) is 6.39. The summed E-state index contributed by atoms with van der Waals surface area (Å²) >= 11 is 6.04. The highest BCUT2D eigenvalue weighted by molar-refractivity contribution is 6.30. The fourth-order valence-electron chi connectivity index (χ4n) is 2.91. The molecule has 5 heteroatoms. The molecule has 0 N–H and O–H groups in total. The minimum atomic E-state index is 0.380. The van der Waals surface area contributed by atoms with Crippen LogP contribution in [0.15, 0.2) is 66.7 Å². The first-order valence-electron chi connectivity index (χ1n) is 9.53.